The second kappa shape index (κ2) is 8.13. The lowest BCUT2D eigenvalue weighted by molar-refractivity contribution is 0.245. The number of rotatable bonds is 7. The van der Waals surface area contributed by atoms with Gasteiger partial charge in [0.25, 0.3) is 0 Å². The van der Waals surface area contributed by atoms with E-state index < -0.39 is 0 Å². The number of nitrogens with one attached hydrogen (secondary N) is 1. The molecule has 1 heterocycles. The van der Waals surface area contributed by atoms with Gasteiger partial charge in [-0.3, -0.25) is 0 Å². The van der Waals surface area contributed by atoms with Gasteiger partial charge >= 0.3 is 0 Å². The molecular weight excluding hydrogens is 308 g/mol. The van der Waals surface area contributed by atoms with Crippen molar-refractivity contribution in [3.63, 3.8) is 0 Å². The molecule has 1 aromatic carbocycles. The topological polar surface area (TPSA) is 39.1 Å². The van der Waals surface area contributed by atoms with Crippen LogP contribution in [0.3, 0.4) is 0 Å². The van der Waals surface area contributed by atoms with Gasteiger partial charge in [0.1, 0.15) is 22.3 Å². The number of hydrogen-bond donors (Lipinski definition) is 1. The summed E-state index contributed by atoms with van der Waals surface area (Å²) in [6, 6.07) is 12.4. The Morgan fingerprint density at radius 1 is 1.20 bits per heavy atom. The first-order chi connectivity index (χ1) is 12.1. The lowest BCUT2D eigenvalue weighted by Gasteiger charge is -2.23. The van der Waals surface area contributed by atoms with Gasteiger partial charge in [0.05, 0.1) is 5.69 Å². The third-order valence-corrected chi connectivity index (χ3v) is 5.39. The van der Waals surface area contributed by atoms with Gasteiger partial charge in [0, 0.05) is 12.6 Å². The molecule has 3 rings (SSSR count). The number of nitrogens with zero attached hydrogens (tertiary/aromatic N) is 2. The molecule has 25 heavy (non-hydrogen) atoms. The van der Waals surface area contributed by atoms with Crippen molar-refractivity contribution in [3.8, 4) is 5.88 Å². The Balaban J connectivity index is 1.77. The number of hydrogen-bond acceptors (Lipinski definition) is 3. The van der Waals surface area contributed by atoms with Crippen molar-refractivity contribution in [1.29, 1.82) is 0 Å². The third-order valence-electron chi connectivity index (χ3n) is 5.39. The predicted octanol–water partition coefficient (Wildman–Crippen LogP) is 1.64. The van der Waals surface area contributed by atoms with Crippen LogP contribution < -0.4 is 10.1 Å². The zero-order valence-corrected chi connectivity index (χ0v) is 15.8. The van der Waals surface area contributed by atoms with Gasteiger partial charge in [-0.1, -0.05) is 49.6 Å². The highest BCUT2D eigenvalue weighted by Crippen LogP contribution is 2.28. The Kier molecular flexibility index (Phi) is 5.89. The fourth-order valence-corrected chi connectivity index (χ4v) is 3.43. The fourth-order valence-electron chi connectivity index (χ4n) is 3.43. The van der Waals surface area contributed by atoms with Gasteiger partial charge < -0.3 is 10.1 Å². The monoisotopic (exact) mass is 337 g/mol. The van der Waals surface area contributed by atoms with Crippen LogP contribution in [0, 0.1) is 5.92 Å². The van der Waals surface area contributed by atoms with E-state index in [2.05, 4.69) is 43.9 Å². The molecule has 6 heteroatoms. The van der Waals surface area contributed by atoms with Gasteiger partial charge in [-0.25, -0.2) is 4.68 Å². The molecule has 0 spiro atoms. The number of ether oxygens (including phenoxy) is 1. The Hall–Kier alpha value is -1.68. The molecule has 0 amide bonds. The van der Waals surface area contributed by atoms with Crippen molar-refractivity contribution in [2.45, 2.75) is 50.6 Å². The van der Waals surface area contributed by atoms with Crippen molar-refractivity contribution in [2.75, 3.05) is 7.05 Å². The molecule has 1 N–H and O–H groups in total. The van der Waals surface area contributed by atoms with E-state index in [1.54, 1.807) is 0 Å². The van der Waals surface area contributed by atoms with Crippen LogP contribution in [0.25, 0.3) is 0 Å². The van der Waals surface area contributed by atoms with E-state index in [9.17, 15) is 0 Å². The van der Waals surface area contributed by atoms with Crippen LogP contribution in [0.1, 0.15) is 43.4 Å². The summed E-state index contributed by atoms with van der Waals surface area (Å²) in [4.78, 5) is 0. The van der Waals surface area contributed by atoms with E-state index in [1.165, 1.54) is 37.7 Å². The molecule has 2 aromatic rings. The number of benzene rings is 1. The highest BCUT2D eigenvalue weighted by molar-refractivity contribution is 6.39. The predicted molar refractivity (Wildman–Crippen MR) is 107 cm³/mol. The Labute approximate surface area is 153 Å². The second-order valence-electron chi connectivity index (χ2n) is 7.70. The Bertz CT molecular complexity index is 667. The van der Waals surface area contributed by atoms with Gasteiger partial charge in [-0.2, -0.15) is 5.10 Å². The average molecular weight is 337 g/mol. The van der Waals surface area contributed by atoms with Crippen LogP contribution in [0.4, 0.5) is 0 Å². The second-order valence-corrected chi connectivity index (χ2v) is 7.70. The summed E-state index contributed by atoms with van der Waals surface area (Å²) in [6.45, 7) is 1.54. The maximum atomic E-state index is 6.16. The summed E-state index contributed by atoms with van der Waals surface area (Å²) in [5.74, 6) is 1.60. The molecule has 1 fully saturated rings. The van der Waals surface area contributed by atoms with Crippen LogP contribution in [0.15, 0.2) is 36.4 Å². The third kappa shape index (κ3) is 4.69. The van der Waals surface area contributed by atoms with Crippen molar-refractivity contribution in [1.82, 2.24) is 15.1 Å². The normalized spacial score (nSPS) is 16.0. The van der Waals surface area contributed by atoms with Crippen LogP contribution in [0.2, 0.25) is 0 Å². The van der Waals surface area contributed by atoms with E-state index in [0.29, 0.717) is 6.61 Å². The Morgan fingerprint density at radius 3 is 2.60 bits per heavy atom. The molecule has 0 bridgehead atoms. The molecule has 1 aliphatic carbocycles. The van der Waals surface area contributed by atoms with Crippen molar-refractivity contribution >= 4 is 15.7 Å². The zero-order valence-electron chi connectivity index (χ0n) is 15.8. The quantitative estimate of drug-likeness (QED) is 0.781. The lowest BCUT2D eigenvalue weighted by atomic mass is 9.60. The highest BCUT2D eigenvalue weighted by atomic mass is 16.5. The minimum Gasteiger partial charge on any atom is -0.473 e. The Morgan fingerprint density at radius 2 is 1.92 bits per heavy atom. The first-order valence-electron chi connectivity index (χ1n) is 9.52. The molecule has 1 saturated carbocycles. The minimum absolute atomic E-state index is 0.164. The first-order valence-corrected chi connectivity index (χ1v) is 9.52. The summed E-state index contributed by atoms with van der Waals surface area (Å²) in [6.07, 6.45) is 6.69. The summed E-state index contributed by atoms with van der Waals surface area (Å²) < 4.78 is 8.25. The van der Waals surface area contributed by atoms with E-state index in [0.717, 1.165) is 24.0 Å². The van der Waals surface area contributed by atoms with E-state index in [1.807, 2.05) is 25.2 Å². The van der Waals surface area contributed by atoms with Crippen LogP contribution in [0.5, 0.6) is 5.88 Å². The molecule has 4 nitrogen and oxygen atoms in total. The molecule has 1 aromatic heterocycles. The molecule has 0 aliphatic heterocycles. The van der Waals surface area contributed by atoms with Gasteiger partial charge in [-0.15, -0.1) is 0 Å². The summed E-state index contributed by atoms with van der Waals surface area (Å²) in [7, 11) is 6.28. The molecule has 0 atom stereocenters. The van der Waals surface area contributed by atoms with E-state index in [-0.39, 0.29) is 5.34 Å². The summed E-state index contributed by atoms with van der Waals surface area (Å²) in [5, 5.41) is 8.07. The molecule has 1 aliphatic rings. The van der Waals surface area contributed by atoms with Crippen LogP contribution in [-0.4, -0.2) is 32.5 Å². The lowest BCUT2D eigenvalue weighted by Crippen LogP contribution is -2.41. The highest BCUT2D eigenvalue weighted by Gasteiger charge is 2.25. The largest absolute Gasteiger partial charge is 0.473 e. The zero-order chi connectivity index (χ0) is 17.7. The minimum atomic E-state index is -0.164. The van der Waals surface area contributed by atoms with Crippen molar-refractivity contribution < 1.29 is 4.74 Å². The standard InChI is InChI=1S/C19H29B2N3O/c1-22-19(20,21)17-12-18(25-14-16-10-6-3-7-11-16)24(23-17)13-15-8-4-2-5-9-15/h3,6-7,10-12,15,22H,2,4-5,8-9,13-14,20-21H2,1H3. The SMILES string of the molecule is BC(B)(NC)c1cc(OCc2ccccc2)n(CC2CCCCC2)n1. The smallest absolute Gasteiger partial charge is 0.212 e. The maximum Gasteiger partial charge on any atom is 0.212 e. The van der Waals surface area contributed by atoms with Gasteiger partial charge in [0.2, 0.25) is 5.88 Å². The van der Waals surface area contributed by atoms with Crippen molar-refractivity contribution in [3.05, 3.63) is 47.7 Å². The average Bonchev–Trinajstić information content (AvgIpc) is 3.05. The molecule has 0 saturated heterocycles. The van der Waals surface area contributed by atoms with E-state index in [4.69, 9.17) is 9.84 Å². The van der Waals surface area contributed by atoms with Crippen molar-refractivity contribution in [2.24, 2.45) is 5.92 Å². The summed E-state index contributed by atoms with van der Waals surface area (Å²) in [5.41, 5.74) is 2.22. The van der Waals surface area contributed by atoms with Crippen LogP contribution in [-0.2, 0) is 18.5 Å². The number of aromatic nitrogens is 2. The maximum absolute atomic E-state index is 6.16. The summed E-state index contributed by atoms with van der Waals surface area (Å²) >= 11 is 0. The molecule has 0 radical (unpaired) electrons. The van der Waals surface area contributed by atoms with Gasteiger partial charge in [0.15, 0.2) is 0 Å². The fraction of sp³-hybridized carbons (Fsp3) is 0.526. The molecule has 0 unspecified atom stereocenters. The van der Waals surface area contributed by atoms with Crippen LogP contribution >= 0.6 is 0 Å². The van der Waals surface area contributed by atoms with E-state index >= 15 is 0 Å². The molecule has 132 valence electrons. The first kappa shape index (κ1) is 18.1. The van der Waals surface area contributed by atoms with Gasteiger partial charge in [-0.05, 0) is 36.7 Å². The molecular formula is C19H29B2N3O.